The van der Waals surface area contributed by atoms with Gasteiger partial charge in [-0.05, 0) is 62.6 Å². The van der Waals surface area contributed by atoms with Gasteiger partial charge < -0.3 is 11.1 Å². The van der Waals surface area contributed by atoms with Crippen molar-refractivity contribution in [2.45, 2.75) is 31.6 Å². The summed E-state index contributed by atoms with van der Waals surface area (Å²) >= 11 is 0. The maximum Gasteiger partial charge on any atom is 0.240 e. The molecule has 0 fully saturated rings. The second kappa shape index (κ2) is 9.23. The van der Waals surface area contributed by atoms with E-state index in [2.05, 4.69) is 39.9 Å². The van der Waals surface area contributed by atoms with Crippen molar-refractivity contribution in [2.24, 2.45) is 0 Å². The Morgan fingerprint density at radius 1 is 1.03 bits per heavy atom. The summed E-state index contributed by atoms with van der Waals surface area (Å²) < 4.78 is 25.9. The van der Waals surface area contributed by atoms with Crippen LogP contribution in [-0.2, 0) is 16.4 Å². The van der Waals surface area contributed by atoms with Crippen molar-refractivity contribution in [3.8, 4) is 11.3 Å². The van der Waals surface area contributed by atoms with Crippen LogP contribution in [0, 0.1) is 13.8 Å². The molecule has 0 atom stereocenters. The molecule has 0 aliphatic rings. The van der Waals surface area contributed by atoms with Crippen LogP contribution < -0.4 is 15.8 Å². The lowest BCUT2D eigenvalue weighted by Gasteiger charge is -2.11. The maximum absolute atomic E-state index is 11.8. The molecule has 1 heterocycles. The molecule has 1 aromatic heterocycles. The number of rotatable bonds is 8. The van der Waals surface area contributed by atoms with Gasteiger partial charge in [0.2, 0.25) is 16.0 Å². The lowest BCUT2D eigenvalue weighted by Crippen LogP contribution is -2.18. The first-order valence-electron chi connectivity index (χ1n) is 9.77. The van der Waals surface area contributed by atoms with E-state index in [1.807, 2.05) is 30.3 Å². The average Bonchev–Trinajstić information content (AvgIpc) is 2.73. The number of aryl methyl sites for hydroxylation is 2. The Balaban J connectivity index is 1.62. The van der Waals surface area contributed by atoms with Gasteiger partial charge in [0.05, 0.1) is 10.6 Å². The summed E-state index contributed by atoms with van der Waals surface area (Å²) in [7, 11) is -2.00. The second-order valence-electron chi connectivity index (χ2n) is 7.13. The van der Waals surface area contributed by atoms with Gasteiger partial charge in [0, 0.05) is 18.2 Å². The van der Waals surface area contributed by atoms with E-state index >= 15 is 0 Å². The molecule has 0 radical (unpaired) electrons. The van der Waals surface area contributed by atoms with Gasteiger partial charge in [0.25, 0.3) is 0 Å². The van der Waals surface area contributed by atoms with Crippen molar-refractivity contribution >= 4 is 21.8 Å². The fraction of sp³-hybridized carbons (Fsp3) is 0.273. The van der Waals surface area contributed by atoms with Gasteiger partial charge in [-0.3, -0.25) is 0 Å². The van der Waals surface area contributed by atoms with Gasteiger partial charge in [0.1, 0.15) is 5.82 Å². The third-order valence-electron chi connectivity index (χ3n) is 5.07. The number of nitrogens with two attached hydrogens (primary N) is 1. The SMILES string of the molecule is CNS(=O)(=O)c1ccc(CCCNc2cc(-c3cccc(C)c3C)nc(N)n2)cc1. The van der Waals surface area contributed by atoms with Crippen molar-refractivity contribution < 1.29 is 8.42 Å². The number of aromatic nitrogens is 2. The molecule has 0 aliphatic carbocycles. The molecule has 0 amide bonds. The van der Waals surface area contributed by atoms with E-state index in [-0.39, 0.29) is 10.8 Å². The summed E-state index contributed by atoms with van der Waals surface area (Å²) in [4.78, 5) is 8.94. The van der Waals surface area contributed by atoms with Crippen LogP contribution >= 0.6 is 0 Å². The van der Waals surface area contributed by atoms with E-state index in [1.54, 1.807) is 12.1 Å². The molecule has 3 rings (SSSR count). The lowest BCUT2D eigenvalue weighted by molar-refractivity contribution is 0.588. The first-order chi connectivity index (χ1) is 14.3. The second-order valence-corrected chi connectivity index (χ2v) is 9.01. The number of nitrogen functional groups attached to an aromatic ring is 1. The average molecular weight is 426 g/mol. The number of anilines is 2. The molecule has 0 aliphatic heterocycles. The van der Waals surface area contributed by atoms with E-state index in [0.29, 0.717) is 12.4 Å². The highest BCUT2D eigenvalue weighted by molar-refractivity contribution is 7.89. The fourth-order valence-electron chi connectivity index (χ4n) is 3.19. The van der Waals surface area contributed by atoms with Crippen LogP contribution in [0.1, 0.15) is 23.1 Å². The maximum atomic E-state index is 11.8. The highest BCUT2D eigenvalue weighted by Gasteiger charge is 2.11. The van der Waals surface area contributed by atoms with E-state index < -0.39 is 10.0 Å². The van der Waals surface area contributed by atoms with Crippen LogP contribution in [0.3, 0.4) is 0 Å². The number of benzene rings is 2. The van der Waals surface area contributed by atoms with Crippen molar-refractivity contribution in [3.05, 3.63) is 65.2 Å². The van der Waals surface area contributed by atoms with E-state index in [9.17, 15) is 8.42 Å². The van der Waals surface area contributed by atoms with Crippen molar-refractivity contribution in [2.75, 3.05) is 24.6 Å². The first kappa shape index (κ1) is 21.7. The molecule has 0 unspecified atom stereocenters. The Morgan fingerprint density at radius 2 is 1.77 bits per heavy atom. The van der Waals surface area contributed by atoms with Crippen molar-refractivity contribution in [1.29, 1.82) is 0 Å². The number of nitrogens with one attached hydrogen (secondary N) is 2. The smallest absolute Gasteiger partial charge is 0.240 e. The predicted molar refractivity (Wildman–Crippen MR) is 121 cm³/mol. The molecule has 3 aromatic rings. The van der Waals surface area contributed by atoms with Crippen LogP contribution in [0.15, 0.2) is 53.4 Å². The number of hydrogen-bond donors (Lipinski definition) is 3. The highest BCUT2D eigenvalue weighted by atomic mass is 32.2. The molecular weight excluding hydrogens is 398 g/mol. The molecule has 30 heavy (non-hydrogen) atoms. The Hall–Kier alpha value is -2.97. The summed E-state index contributed by atoms with van der Waals surface area (Å²) in [5.74, 6) is 0.922. The van der Waals surface area contributed by atoms with Crippen LogP contribution in [0.2, 0.25) is 0 Å². The third-order valence-corrected chi connectivity index (χ3v) is 6.50. The number of hydrogen-bond acceptors (Lipinski definition) is 6. The van der Waals surface area contributed by atoms with Crippen molar-refractivity contribution in [1.82, 2.24) is 14.7 Å². The monoisotopic (exact) mass is 425 g/mol. The Kier molecular flexibility index (Phi) is 6.69. The third kappa shape index (κ3) is 5.14. The van der Waals surface area contributed by atoms with Crippen LogP contribution in [0.25, 0.3) is 11.3 Å². The fourth-order valence-corrected chi connectivity index (χ4v) is 3.92. The van der Waals surface area contributed by atoms with Gasteiger partial charge in [-0.15, -0.1) is 0 Å². The summed E-state index contributed by atoms with van der Waals surface area (Å²) in [6, 6.07) is 14.9. The van der Waals surface area contributed by atoms with E-state index in [1.165, 1.54) is 18.2 Å². The van der Waals surface area contributed by atoms with Gasteiger partial charge in [0.15, 0.2) is 0 Å². The largest absolute Gasteiger partial charge is 0.370 e. The Bertz CT molecular complexity index is 1130. The summed E-state index contributed by atoms with van der Waals surface area (Å²) in [5.41, 5.74) is 11.2. The quantitative estimate of drug-likeness (QED) is 0.478. The summed E-state index contributed by atoms with van der Waals surface area (Å²) in [5, 5.41) is 3.31. The lowest BCUT2D eigenvalue weighted by atomic mass is 10.0. The van der Waals surface area contributed by atoms with E-state index in [0.717, 1.165) is 29.7 Å². The Labute approximate surface area is 177 Å². The Morgan fingerprint density at radius 3 is 2.47 bits per heavy atom. The first-order valence-corrected chi connectivity index (χ1v) is 11.3. The number of nitrogens with zero attached hydrogens (tertiary/aromatic N) is 2. The minimum absolute atomic E-state index is 0.234. The molecule has 0 saturated heterocycles. The zero-order valence-electron chi connectivity index (χ0n) is 17.4. The number of sulfonamides is 1. The highest BCUT2D eigenvalue weighted by Crippen LogP contribution is 2.26. The van der Waals surface area contributed by atoms with Crippen LogP contribution in [0.5, 0.6) is 0 Å². The molecule has 8 heteroatoms. The predicted octanol–water partition coefficient (Wildman–Crippen LogP) is 3.30. The molecule has 0 bridgehead atoms. The van der Waals surface area contributed by atoms with Crippen molar-refractivity contribution in [3.63, 3.8) is 0 Å². The zero-order valence-corrected chi connectivity index (χ0v) is 18.3. The standard InChI is InChI=1S/C22H27N5O2S/c1-15-6-4-8-19(16(15)2)20-14-21(27-22(23)26-20)25-13-5-7-17-9-11-18(12-10-17)30(28,29)24-3/h4,6,8-12,14,24H,5,7,13H2,1-3H3,(H3,23,25,26,27). The van der Waals surface area contributed by atoms with Gasteiger partial charge in [-0.25, -0.2) is 18.1 Å². The van der Waals surface area contributed by atoms with Crippen LogP contribution in [-0.4, -0.2) is 32.0 Å². The minimum atomic E-state index is -3.40. The molecular formula is C22H27N5O2S. The van der Waals surface area contributed by atoms with Gasteiger partial charge in [-0.2, -0.15) is 4.98 Å². The molecule has 0 saturated carbocycles. The summed E-state index contributed by atoms with van der Waals surface area (Å²) in [6.45, 7) is 4.85. The summed E-state index contributed by atoms with van der Waals surface area (Å²) in [6.07, 6.45) is 1.68. The molecule has 158 valence electrons. The minimum Gasteiger partial charge on any atom is -0.370 e. The normalized spacial score (nSPS) is 11.4. The van der Waals surface area contributed by atoms with Crippen LogP contribution in [0.4, 0.5) is 11.8 Å². The molecule has 4 N–H and O–H groups in total. The van der Waals surface area contributed by atoms with Gasteiger partial charge in [-0.1, -0.05) is 30.3 Å². The van der Waals surface area contributed by atoms with Gasteiger partial charge >= 0.3 is 0 Å². The zero-order chi connectivity index (χ0) is 21.7. The topological polar surface area (TPSA) is 110 Å². The molecule has 0 spiro atoms. The molecule has 2 aromatic carbocycles. The molecule has 7 nitrogen and oxygen atoms in total. The van der Waals surface area contributed by atoms with E-state index in [4.69, 9.17) is 5.73 Å².